The Kier molecular flexibility index (Phi) is 6.24. The van der Waals surface area contributed by atoms with Gasteiger partial charge in [-0.25, -0.2) is 10.1 Å². The maximum Gasteiger partial charge on any atom is 0.303 e. The molecule has 1 aromatic rings. The van der Waals surface area contributed by atoms with Crippen LogP contribution in [0, 0.1) is 20.2 Å². The highest BCUT2D eigenvalue weighted by Crippen LogP contribution is 2.34. The first kappa shape index (κ1) is 17.8. The van der Waals surface area contributed by atoms with Crippen LogP contribution in [0.2, 0.25) is 0 Å². The second kappa shape index (κ2) is 7.69. The molecule has 0 aliphatic heterocycles. The molecule has 0 N–H and O–H groups in total. The van der Waals surface area contributed by atoms with Crippen LogP contribution >= 0.6 is 0 Å². The summed E-state index contributed by atoms with van der Waals surface area (Å²) in [4.78, 5) is 24.2. The van der Waals surface area contributed by atoms with Crippen molar-refractivity contribution in [3.8, 4) is 0 Å². The van der Waals surface area contributed by atoms with Crippen molar-refractivity contribution in [1.29, 1.82) is 0 Å². The Morgan fingerprint density at radius 3 is 2.14 bits per heavy atom. The molecular formula is C14H22N4O4. The molecule has 122 valence electrons. The number of anilines is 1. The van der Waals surface area contributed by atoms with Gasteiger partial charge in [0, 0.05) is 12.1 Å². The summed E-state index contributed by atoms with van der Waals surface area (Å²) in [6, 6.07) is 4.31. The van der Waals surface area contributed by atoms with Crippen LogP contribution in [0.25, 0.3) is 0 Å². The van der Waals surface area contributed by atoms with Crippen LogP contribution in [0.3, 0.4) is 0 Å². The van der Waals surface area contributed by atoms with Gasteiger partial charge in [0.1, 0.15) is 0 Å². The zero-order chi connectivity index (χ0) is 16.9. The van der Waals surface area contributed by atoms with Crippen LogP contribution in [0.1, 0.15) is 32.3 Å². The summed E-state index contributed by atoms with van der Waals surface area (Å²) >= 11 is 0. The molecule has 1 aromatic carbocycles. The van der Waals surface area contributed by atoms with E-state index < -0.39 is 9.96 Å². The third-order valence-electron chi connectivity index (χ3n) is 3.48. The molecule has 0 aliphatic carbocycles. The molecule has 0 atom stereocenters. The Morgan fingerprint density at radius 1 is 1.14 bits per heavy atom. The van der Waals surface area contributed by atoms with E-state index in [9.17, 15) is 20.2 Å². The third kappa shape index (κ3) is 3.91. The Bertz CT molecular complexity index is 544. The maximum absolute atomic E-state index is 11.5. The molecule has 8 heteroatoms. The monoisotopic (exact) mass is 310 g/mol. The van der Waals surface area contributed by atoms with Gasteiger partial charge in [0.2, 0.25) is 0 Å². The van der Waals surface area contributed by atoms with Crippen molar-refractivity contribution >= 4 is 11.4 Å². The third-order valence-corrected chi connectivity index (χ3v) is 3.48. The number of benzene rings is 1. The molecule has 0 saturated carbocycles. The largest absolute Gasteiger partial charge is 0.305 e. The first-order valence-corrected chi connectivity index (χ1v) is 7.17. The second-order valence-electron chi connectivity index (χ2n) is 5.33. The van der Waals surface area contributed by atoms with Crippen LogP contribution in [-0.2, 0) is 6.54 Å². The minimum atomic E-state index is -0.556. The van der Waals surface area contributed by atoms with Gasteiger partial charge in [-0.2, -0.15) is 0 Å². The molecule has 0 saturated heterocycles. The number of hydrogen-bond acceptors (Lipinski definition) is 5. The van der Waals surface area contributed by atoms with E-state index >= 15 is 0 Å². The highest BCUT2D eigenvalue weighted by molar-refractivity contribution is 5.66. The molecule has 0 spiro atoms. The van der Waals surface area contributed by atoms with Gasteiger partial charge in [-0.1, -0.05) is 31.0 Å². The highest BCUT2D eigenvalue weighted by atomic mass is 16.7. The van der Waals surface area contributed by atoms with Crippen molar-refractivity contribution < 1.29 is 9.96 Å². The number of para-hydroxylation sites is 1. The van der Waals surface area contributed by atoms with Gasteiger partial charge in [-0.05, 0) is 33.0 Å². The number of hydrazine groups is 1. The molecule has 1 rings (SSSR count). The first-order valence-electron chi connectivity index (χ1n) is 7.17. The number of nitro groups is 2. The van der Waals surface area contributed by atoms with Crippen LogP contribution < -0.4 is 5.01 Å². The minimum absolute atomic E-state index is 0.0445. The Hall–Kier alpha value is -2.22. The molecule has 8 nitrogen and oxygen atoms in total. The molecule has 0 heterocycles. The van der Waals surface area contributed by atoms with E-state index in [1.807, 2.05) is 13.8 Å². The molecule has 0 bridgehead atoms. The predicted octanol–water partition coefficient (Wildman–Crippen LogP) is 2.84. The van der Waals surface area contributed by atoms with Gasteiger partial charge in [0.25, 0.3) is 0 Å². The fraction of sp³-hybridized carbons (Fsp3) is 0.571. The Balaban J connectivity index is 3.48. The summed E-state index contributed by atoms with van der Waals surface area (Å²) in [7, 11) is 3.59. The molecule has 0 fully saturated rings. The summed E-state index contributed by atoms with van der Waals surface area (Å²) in [5, 5.41) is 23.3. The topological polar surface area (TPSA) is 92.8 Å². The lowest BCUT2D eigenvalue weighted by Gasteiger charge is -2.23. The zero-order valence-corrected chi connectivity index (χ0v) is 13.4. The van der Waals surface area contributed by atoms with E-state index in [0.717, 1.165) is 5.01 Å². The van der Waals surface area contributed by atoms with Crippen molar-refractivity contribution in [3.63, 3.8) is 0 Å². The number of nitro benzene ring substituents is 1. The average Bonchev–Trinajstić information content (AvgIpc) is 2.42. The van der Waals surface area contributed by atoms with E-state index in [0.29, 0.717) is 24.9 Å². The number of hydrogen-bond donors (Lipinski definition) is 0. The molecule has 0 aliphatic rings. The summed E-state index contributed by atoms with van der Waals surface area (Å²) < 4.78 is 0. The van der Waals surface area contributed by atoms with Gasteiger partial charge in [0.15, 0.2) is 10.7 Å². The Morgan fingerprint density at radius 2 is 1.73 bits per heavy atom. The molecule has 22 heavy (non-hydrogen) atoms. The molecular weight excluding hydrogens is 288 g/mol. The second-order valence-corrected chi connectivity index (χ2v) is 5.33. The molecule has 0 aromatic heterocycles. The standard InChI is InChI=1S/C14H22N4O4/c1-5-12(6-2)16(18(21)22)13-9-7-8-11(10-15(3)4)14(13)17(19)20/h7-9,12H,5-6,10H2,1-4H3. The van der Waals surface area contributed by atoms with Crippen molar-refractivity contribution in [2.24, 2.45) is 0 Å². The average molecular weight is 310 g/mol. The smallest absolute Gasteiger partial charge is 0.303 e. The van der Waals surface area contributed by atoms with Crippen molar-refractivity contribution in [1.82, 2.24) is 4.90 Å². The van der Waals surface area contributed by atoms with Gasteiger partial charge in [0.05, 0.1) is 11.0 Å². The van der Waals surface area contributed by atoms with E-state index in [-0.39, 0.29) is 17.4 Å². The van der Waals surface area contributed by atoms with E-state index in [4.69, 9.17) is 0 Å². The zero-order valence-electron chi connectivity index (χ0n) is 13.4. The van der Waals surface area contributed by atoms with E-state index in [1.54, 1.807) is 31.1 Å². The minimum Gasteiger partial charge on any atom is -0.305 e. The fourth-order valence-corrected chi connectivity index (χ4v) is 2.49. The van der Waals surface area contributed by atoms with Crippen molar-refractivity contribution in [2.75, 3.05) is 19.1 Å². The van der Waals surface area contributed by atoms with Crippen molar-refractivity contribution in [2.45, 2.75) is 39.3 Å². The van der Waals surface area contributed by atoms with Gasteiger partial charge < -0.3 is 4.90 Å². The number of rotatable bonds is 8. The summed E-state index contributed by atoms with van der Waals surface area (Å²) in [5.74, 6) is 0. The highest BCUT2D eigenvalue weighted by Gasteiger charge is 2.34. The fourth-order valence-electron chi connectivity index (χ4n) is 2.49. The Labute approximate surface area is 129 Å². The summed E-state index contributed by atoms with van der Waals surface area (Å²) in [5.41, 5.74) is 0.313. The van der Waals surface area contributed by atoms with Crippen LogP contribution in [0.4, 0.5) is 11.4 Å². The lowest BCUT2D eigenvalue weighted by atomic mass is 10.1. The van der Waals surface area contributed by atoms with Gasteiger partial charge >= 0.3 is 5.69 Å². The predicted molar refractivity (Wildman–Crippen MR) is 84.3 cm³/mol. The SMILES string of the molecule is CCC(CC)N(c1cccc(CN(C)C)c1[N+](=O)[O-])[N+](=O)[O-]. The van der Waals surface area contributed by atoms with E-state index in [1.165, 1.54) is 6.07 Å². The maximum atomic E-state index is 11.5. The molecule has 0 amide bonds. The molecule has 0 unspecified atom stereocenters. The van der Waals surface area contributed by atoms with Crippen LogP contribution in [-0.4, -0.2) is 35.0 Å². The molecule has 0 radical (unpaired) electrons. The lowest BCUT2D eigenvalue weighted by molar-refractivity contribution is -0.502. The van der Waals surface area contributed by atoms with Crippen molar-refractivity contribution in [3.05, 3.63) is 44.0 Å². The first-order chi connectivity index (χ1) is 10.3. The quantitative estimate of drug-likeness (QED) is 0.541. The van der Waals surface area contributed by atoms with Gasteiger partial charge in [-0.15, -0.1) is 0 Å². The number of nitrogens with zero attached hydrogens (tertiary/aromatic N) is 4. The van der Waals surface area contributed by atoms with Crippen LogP contribution in [0.15, 0.2) is 18.2 Å². The van der Waals surface area contributed by atoms with Gasteiger partial charge in [-0.3, -0.25) is 10.1 Å². The summed E-state index contributed by atoms with van der Waals surface area (Å²) in [6.07, 6.45) is 1.07. The van der Waals surface area contributed by atoms with Crippen LogP contribution in [0.5, 0.6) is 0 Å². The normalized spacial score (nSPS) is 11.0. The lowest BCUT2D eigenvalue weighted by Crippen LogP contribution is -2.40. The van der Waals surface area contributed by atoms with E-state index in [2.05, 4.69) is 0 Å². The summed E-state index contributed by atoms with van der Waals surface area (Å²) in [6.45, 7) is 4.01.